The smallest absolute Gasteiger partial charge is 0.108 e. The van der Waals surface area contributed by atoms with Gasteiger partial charge < -0.3 is 4.98 Å². The van der Waals surface area contributed by atoms with Crippen molar-refractivity contribution >= 4 is 0 Å². The Morgan fingerprint density at radius 2 is 1.89 bits per heavy atom. The van der Waals surface area contributed by atoms with Gasteiger partial charge in [0.2, 0.25) is 0 Å². The third-order valence-corrected chi connectivity index (χ3v) is 4.81. The largest absolute Gasteiger partial charge is 0.345 e. The van der Waals surface area contributed by atoms with Crippen molar-refractivity contribution in [2.75, 3.05) is 0 Å². The van der Waals surface area contributed by atoms with Gasteiger partial charge in [-0.15, -0.1) is 0 Å². The summed E-state index contributed by atoms with van der Waals surface area (Å²) in [6, 6.07) is 0. The molecule has 4 atom stereocenters. The first-order valence-electron chi connectivity index (χ1n) is 7.31. The van der Waals surface area contributed by atoms with Gasteiger partial charge in [0.1, 0.15) is 5.82 Å². The van der Waals surface area contributed by atoms with Gasteiger partial charge >= 0.3 is 0 Å². The average Bonchev–Trinajstić information content (AvgIpc) is 3.02. The number of aromatic amines is 1. The summed E-state index contributed by atoms with van der Waals surface area (Å²) in [4.78, 5) is 8.14. The number of imidazole rings is 1. The molecule has 1 aromatic rings. The van der Waals surface area contributed by atoms with Crippen LogP contribution in [-0.4, -0.2) is 9.97 Å². The number of H-pyrrole nitrogens is 1. The summed E-state index contributed by atoms with van der Waals surface area (Å²) < 4.78 is 0. The molecule has 1 N–H and O–H groups in total. The molecule has 1 heterocycles. The minimum Gasteiger partial charge on any atom is -0.345 e. The van der Waals surface area contributed by atoms with E-state index in [0.717, 1.165) is 29.5 Å². The average molecular weight is 244 g/mol. The lowest BCUT2D eigenvalue weighted by molar-refractivity contribution is 0.290. The molecular weight excluding hydrogens is 220 g/mol. The van der Waals surface area contributed by atoms with Gasteiger partial charge in [0.05, 0.1) is 0 Å². The van der Waals surface area contributed by atoms with E-state index in [0.29, 0.717) is 11.8 Å². The van der Waals surface area contributed by atoms with Crippen LogP contribution >= 0.6 is 0 Å². The zero-order valence-electron chi connectivity index (χ0n) is 11.9. The summed E-state index contributed by atoms with van der Waals surface area (Å²) in [5.74, 6) is 5.37. The molecule has 1 fully saturated rings. The molecule has 0 aliphatic heterocycles. The molecule has 3 rings (SSSR count). The molecule has 0 amide bonds. The predicted molar refractivity (Wildman–Crippen MR) is 74.5 cm³/mol. The Labute approximate surface area is 110 Å². The van der Waals surface area contributed by atoms with Gasteiger partial charge in [-0.1, -0.05) is 39.8 Å². The molecular formula is C16H24N2. The van der Waals surface area contributed by atoms with Gasteiger partial charge in [-0.05, 0) is 30.1 Å². The van der Waals surface area contributed by atoms with Crippen molar-refractivity contribution in [3.05, 3.63) is 29.9 Å². The van der Waals surface area contributed by atoms with Gasteiger partial charge in [0.15, 0.2) is 0 Å². The van der Waals surface area contributed by atoms with Crippen molar-refractivity contribution in [1.82, 2.24) is 9.97 Å². The molecule has 2 nitrogen and oxygen atoms in total. The molecule has 2 bridgehead atoms. The fourth-order valence-electron chi connectivity index (χ4n) is 4.02. The maximum atomic E-state index is 4.56. The van der Waals surface area contributed by atoms with Crippen LogP contribution in [0, 0.1) is 23.7 Å². The summed E-state index contributed by atoms with van der Waals surface area (Å²) in [5.41, 5.74) is 1.37. The fourth-order valence-corrected chi connectivity index (χ4v) is 4.02. The Morgan fingerprint density at radius 3 is 2.50 bits per heavy atom. The number of fused-ring (bicyclic) bond motifs is 2. The Kier molecular flexibility index (Phi) is 2.84. The highest BCUT2D eigenvalue weighted by Crippen LogP contribution is 2.55. The van der Waals surface area contributed by atoms with Crippen LogP contribution in [0.25, 0.3) is 0 Å². The predicted octanol–water partition coefficient (Wildman–Crippen LogP) is 4.09. The first kappa shape index (κ1) is 12.0. The summed E-state index contributed by atoms with van der Waals surface area (Å²) in [6.07, 6.45) is 8.32. The van der Waals surface area contributed by atoms with Crippen molar-refractivity contribution in [2.45, 2.75) is 46.0 Å². The number of hydrogen-bond donors (Lipinski definition) is 1. The van der Waals surface area contributed by atoms with Crippen molar-refractivity contribution in [2.24, 2.45) is 23.7 Å². The second-order valence-electron chi connectivity index (χ2n) is 6.67. The van der Waals surface area contributed by atoms with Crippen LogP contribution in [0.2, 0.25) is 0 Å². The minimum atomic E-state index is 0.491. The molecule has 0 radical (unpaired) electrons. The zero-order valence-corrected chi connectivity index (χ0v) is 11.9. The van der Waals surface area contributed by atoms with E-state index in [1.165, 1.54) is 12.1 Å². The Bertz CT molecular complexity index is 455. The number of nitrogens with zero attached hydrogens (tertiary/aromatic N) is 1. The number of hydrogen-bond acceptors (Lipinski definition) is 1. The first-order chi connectivity index (χ1) is 8.58. The van der Waals surface area contributed by atoms with Crippen LogP contribution < -0.4 is 0 Å². The zero-order chi connectivity index (χ0) is 12.9. The molecule has 1 saturated carbocycles. The molecule has 2 heteroatoms. The van der Waals surface area contributed by atoms with E-state index in [1.807, 2.05) is 0 Å². The van der Waals surface area contributed by atoms with Crippen LogP contribution in [-0.2, 0) is 0 Å². The lowest BCUT2D eigenvalue weighted by atomic mass is 9.75. The van der Waals surface area contributed by atoms with E-state index in [2.05, 4.69) is 56.0 Å². The van der Waals surface area contributed by atoms with E-state index in [9.17, 15) is 0 Å². The molecule has 4 unspecified atom stereocenters. The third kappa shape index (κ3) is 1.73. The Hall–Kier alpha value is -1.05. The quantitative estimate of drug-likeness (QED) is 0.797. The Balaban J connectivity index is 1.92. The highest BCUT2D eigenvalue weighted by atomic mass is 14.9. The molecule has 98 valence electrons. The lowest BCUT2D eigenvalue weighted by Crippen LogP contribution is -2.23. The molecule has 0 saturated heterocycles. The fraction of sp³-hybridized carbons (Fsp3) is 0.688. The van der Waals surface area contributed by atoms with E-state index in [-0.39, 0.29) is 0 Å². The summed E-state index contributed by atoms with van der Waals surface area (Å²) >= 11 is 0. The second-order valence-corrected chi connectivity index (χ2v) is 6.67. The number of aromatic nitrogens is 2. The highest BCUT2D eigenvalue weighted by Gasteiger charge is 2.46. The van der Waals surface area contributed by atoms with Crippen LogP contribution in [0.1, 0.15) is 57.5 Å². The first-order valence-corrected chi connectivity index (χ1v) is 7.31. The van der Waals surface area contributed by atoms with Crippen molar-refractivity contribution < 1.29 is 0 Å². The summed E-state index contributed by atoms with van der Waals surface area (Å²) in [7, 11) is 0. The standard InChI is InChI=1S/C16H24N2/c1-9(2)14-11-5-6-12(7-11)15(14)13-8-17-16(18-13)10(3)4/h5-6,8-12,14-15H,7H2,1-4H3,(H,17,18). The third-order valence-electron chi connectivity index (χ3n) is 4.81. The SMILES string of the molecule is CC(C)c1ncc(C2C3C=CC(C3)C2C(C)C)[nH]1. The van der Waals surface area contributed by atoms with E-state index < -0.39 is 0 Å². The maximum Gasteiger partial charge on any atom is 0.108 e. The minimum absolute atomic E-state index is 0.491. The number of allylic oxidation sites excluding steroid dienone is 2. The van der Waals surface area contributed by atoms with Crippen LogP contribution in [0.3, 0.4) is 0 Å². The molecule has 0 spiro atoms. The topological polar surface area (TPSA) is 28.7 Å². The normalized spacial score (nSPS) is 34.1. The molecule has 2 aliphatic carbocycles. The Morgan fingerprint density at radius 1 is 1.17 bits per heavy atom. The van der Waals surface area contributed by atoms with Gasteiger partial charge in [-0.2, -0.15) is 0 Å². The van der Waals surface area contributed by atoms with Crippen LogP contribution in [0.15, 0.2) is 18.3 Å². The molecule has 1 aromatic heterocycles. The van der Waals surface area contributed by atoms with E-state index in [4.69, 9.17) is 0 Å². The monoisotopic (exact) mass is 244 g/mol. The van der Waals surface area contributed by atoms with Crippen molar-refractivity contribution in [3.8, 4) is 0 Å². The summed E-state index contributed by atoms with van der Waals surface area (Å²) in [5, 5.41) is 0. The van der Waals surface area contributed by atoms with E-state index >= 15 is 0 Å². The number of rotatable bonds is 3. The summed E-state index contributed by atoms with van der Waals surface area (Å²) in [6.45, 7) is 9.13. The van der Waals surface area contributed by atoms with Gasteiger partial charge in [-0.25, -0.2) is 4.98 Å². The van der Waals surface area contributed by atoms with Crippen LogP contribution in [0.5, 0.6) is 0 Å². The van der Waals surface area contributed by atoms with Crippen LogP contribution in [0.4, 0.5) is 0 Å². The molecule has 18 heavy (non-hydrogen) atoms. The van der Waals surface area contributed by atoms with Gasteiger partial charge in [-0.3, -0.25) is 0 Å². The highest BCUT2D eigenvalue weighted by molar-refractivity contribution is 5.25. The molecule has 2 aliphatic rings. The van der Waals surface area contributed by atoms with Gasteiger partial charge in [0, 0.05) is 23.7 Å². The van der Waals surface area contributed by atoms with E-state index in [1.54, 1.807) is 0 Å². The molecule has 0 aromatic carbocycles. The number of nitrogens with one attached hydrogen (secondary N) is 1. The van der Waals surface area contributed by atoms with Gasteiger partial charge in [0.25, 0.3) is 0 Å². The van der Waals surface area contributed by atoms with Crippen molar-refractivity contribution in [1.29, 1.82) is 0 Å². The maximum absolute atomic E-state index is 4.56. The van der Waals surface area contributed by atoms with Crippen molar-refractivity contribution in [3.63, 3.8) is 0 Å². The lowest BCUT2D eigenvalue weighted by Gasteiger charge is -2.30. The second kappa shape index (κ2) is 4.25.